The van der Waals surface area contributed by atoms with Gasteiger partial charge in [-0.3, -0.25) is 0 Å². The Balaban J connectivity index is 1.97. The maximum absolute atomic E-state index is 4.96. The van der Waals surface area contributed by atoms with E-state index < -0.39 is 0 Å². The first-order chi connectivity index (χ1) is 12.1. The van der Waals surface area contributed by atoms with Crippen molar-refractivity contribution in [3.8, 4) is 22.6 Å². The first-order valence-electron chi connectivity index (χ1n) is 8.55. The summed E-state index contributed by atoms with van der Waals surface area (Å²) in [5, 5.41) is 0. The number of nitrogens with zero attached hydrogens (tertiary/aromatic N) is 3. The molecule has 2 aromatic carbocycles. The van der Waals surface area contributed by atoms with Gasteiger partial charge in [0.15, 0.2) is 6.20 Å². The van der Waals surface area contributed by atoms with Gasteiger partial charge in [0, 0.05) is 30.3 Å². The van der Waals surface area contributed by atoms with Crippen molar-refractivity contribution in [2.75, 3.05) is 0 Å². The van der Waals surface area contributed by atoms with Gasteiger partial charge in [-0.25, -0.2) is 9.55 Å². The molecule has 0 spiro atoms. The molecule has 0 aliphatic heterocycles. The van der Waals surface area contributed by atoms with E-state index in [0.29, 0.717) is 0 Å². The zero-order chi connectivity index (χ0) is 17.6. The monoisotopic (exact) mass is 328 g/mol. The normalized spacial score (nSPS) is 11.2. The lowest BCUT2D eigenvalue weighted by Gasteiger charge is -2.10. The van der Waals surface area contributed by atoms with Gasteiger partial charge in [-0.2, -0.15) is 0 Å². The van der Waals surface area contributed by atoms with Crippen molar-refractivity contribution < 1.29 is 4.57 Å². The molecule has 4 aromatic rings. The van der Waals surface area contributed by atoms with Crippen LogP contribution in [-0.2, 0) is 14.1 Å². The smallest absolute Gasteiger partial charge is 0.212 e. The van der Waals surface area contributed by atoms with Crippen LogP contribution in [0, 0.1) is 13.8 Å². The Kier molecular flexibility index (Phi) is 3.65. The molecule has 2 aromatic heterocycles. The molecule has 0 aliphatic rings. The highest BCUT2D eigenvalue weighted by atomic mass is 15.1. The van der Waals surface area contributed by atoms with Crippen molar-refractivity contribution in [2.24, 2.45) is 14.1 Å². The van der Waals surface area contributed by atoms with Gasteiger partial charge >= 0.3 is 0 Å². The van der Waals surface area contributed by atoms with E-state index in [2.05, 4.69) is 97.9 Å². The number of para-hydroxylation sites is 1. The second-order valence-corrected chi connectivity index (χ2v) is 6.61. The predicted molar refractivity (Wildman–Crippen MR) is 102 cm³/mol. The summed E-state index contributed by atoms with van der Waals surface area (Å²) in [6, 6.07) is 19.1. The number of fused-ring (bicyclic) bond motifs is 1. The molecule has 124 valence electrons. The summed E-state index contributed by atoms with van der Waals surface area (Å²) in [5.41, 5.74) is 8.34. The average Bonchev–Trinajstić information content (AvgIpc) is 2.94. The zero-order valence-electron chi connectivity index (χ0n) is 15.1. The second kappa shape index (κ2) is 5.85. The second-order valence-electron chi connectivity index (χ2n) is 6.61. The lowest BCUT2D eigenvalue weighted by molar-refractivity contribution is -0.660. The molecule has 4 rings (SSSR count). The lowest BCUT2D eigenvalue weighted by Crippen LogP contribution is -2.30. The largest absolute Gasteiger partial charge is 0.327 e. The summed E-state index contributed by atoms with van der Waals surface area (Å²) in [4.78, 5) is 4.96. The van der Waals surface area contributed by atoms with E-state index in [0.717, 1.165) is 11.3 Å². The molecule has 0 unspecified atom stereocenters. The van der Waals surface area contributed by atoms with Crippen LogP contribution in [0.5, 0.6) is 0 Å². The van der Waals surface area contributed by atoms with Crippen LogP contribution in [0.2, 0.25) is 0 Å². The lowest BCUT2D eigenvalue weighted by atomic mass is 9.99. The van der Waals surface area contributed by atoms with Crippen LogP contribution in [0.4, 0.5) is 0 Å². The zero-order valence-corrected chi connectivity index (χ0v) is 15.1. The average molecular weight is 328 g/mol. The summed E-state index contributed by atoms with van der Waals surface area (Å²) in [5.74, 6) is 1.02. The van der Waals surface area contributed by atoms with Gasteiger partial charge in [0.05, 0.1) is 11.0 Å². The third-order valence-corrected chi connectivity index (χ3v) is 5.02. The van der Waals surface area contributed by atoms with Crippen LogP contribution in [0.1, 0.15) is 11.1 Å². The minimum Gasteiger partial charge on any atom is -0.327 e. The number of hydrogen-bond acceptors (Lipinski definition) is 1. The maximum Gasteiger partial charge on any atom is 0.212 e. The van der Waals surface area contributed by atoms with Crippen molar-refractivity contribution in [1.82, 2.24) is 9.55 Å². The molecule has 2 heterocycles. The molecule has 0 aliphatic carbocycles. The molecule has 0 radical (unpaired) electrons. The fraction of sp³-hybridized carbons (Fsp3) is 0.182. The number of hydrogen-bond donors (Lipinski definition) is 0. The molecule has 0 saturated heterocycles. The van der Waals surface area contributed by atoms with Crippen LogP contribution in [0.15, 0.2) is 60.8 Å². The number of pyridine rings is 1. The fourth-order valence-electron chi connectivity index (χ4n) is 3.55. The first kappa shape index (κ1) is 15.6. The molecule has 3 nitrogen and oxygen atoms in total. The van der Waals surface area contributed by atoms with Gasteiger partial charge in [0.25, 0.3) is 0 Å². The summed E-state index contributed by atoms with van der Waals surface area (Å²) in [7, 11) is 4.18. The van der Waals surface area contributed by atoms with Gasteiger partial charge in [-0.15, -0.1) is 0 Å². The quantitative estimate of drug-likeness (QED) is 0.501. The van der Waals surface area contributed by atoms with E-state index in [9.17, 15) is 0 Å². The molecule has 0 N–H and O–H groups in total. The van der Waals surface area contributed by atoms with Gasteiger partial charge < -0.3 is 4.57 Å². The van der Waals surface area contributed by atoms with Crippen molar-refractivity contribution in [3.05, 3.63) is 71.9 Å². The van der Waals surface area contributed by atoms with E-state index in [1.807, 2.05) is 0 Å². The maximum atomic E-state index is 4.96. The van der Waals surface area contributed by atoms with Gasteiger partial charge in [0.1, 0.15) is 12.9 Å². The Hall–Kier alpha value is -2.94. The Morgan fingerprint density at radius 2 is 1.64 bits per heavy atom. The third kappa shape index (κ3) is 2.43. The fourth-order valence-corrected chi connectivity index (χ4v) is 3.55. The molecule has 0 amide bonds. The minimum absolute atomic E-state index is 1.02. The number of imidazole rings is 1. The SMILES string of the molecule is Cc1c(-c2nc3c(C)cccc3n2C)cccc1-c1cccc[n+]1C. The van der Waals surface area contributed by atoms with E-state index in [4.69, 9.17) is 4.98 Å². The third-order valence-electron chi connectivity index (χ3n) is 5.02. The number of benzene rings is 2. The van der Waals surface area contributed by atoms with E-state index >= 15 is 0 Å². The van der Waals surface area contributed by atoms with Gasteiger partial charge in [-0.1, -0.05) is 24.3 Å². The molecule has 0 saturated carbocycles. The summed E-state index contributed by atoms with van der Waals surface area (Å²) < 4.78 is 4.35. The number of aryl methyl sites for hydroxylation is 3. The number of aromatic nitrogens is 3. The molecule has 3 heteroatoms. The van der Waals surface area contributed by atoms with Crippen LogP contribution in [-0.4, -0.2) is 9.55 Å². The highest BCUT2D eigenvalue weighted by molar-refractivity contribution is 5.85. The summed E-state index contributed by atoms with van der Waals surface area (Å²) >= 11 is 0. The Labute approximate surface area is 148 Å². The first-order valence-corrected chi connectivity index (χ1v) is 8.55. The molecular weight excluding hydrogens is 306 g/mol. The standard InChI is InChI=1S/C22H22N3/c1-15-9-7-13-20-21(15)23-22(25(20)4)18-11-8-10-17(16(18)2)19-12-5-6-14-24(19)3/h5-14H,1-4H3/q+1. The van der Waals surface area contributed by atoms with Crippen LogP contribution < -0.4 is 4.57 Å². The topological polar surface area (TPSA) is 21.7 Å². The highest BCUT2D eigenvalue weighted by Crippen LogP contribution is 2.32. The minimum atomic E-state index is 1.02. The van der Waals surface area contributed by atoms with Gasteiger partial charge in [-0.05, 0) is 43.2 Å². The van der Waals surface area contributed by atoms with E-state index in [1.165, 1.54) is 33.5 Å². The summed E-state index contributed by atoms with van der Waals surface area (Å²) in [6.45, 7) is 4.30. The molecule has 0 bridgehead atoms. The molecule has 0 fully saturated rings. The predicted octanol–water partition coefficient (Wildman–Crippen LogP) is 4.35. The van der Waals surface area contributed by atoms with Crippen molar-refractivity contribution in [3.63, 3.8) is 0 Å². The van der Waals surface area contributed by atoms with Crippen molar-refractivity contribution in [2.45, 2.75) is 13.8 Å². The number of rotatable bonds is 2. The Morgan fingerprint density at radius 3 is 2.40 bits per heavy atom. The summed E-state index contributed by atoms with van der Waals surface area (Å²) in [6.07, 6.45) is 2.08. The molecule has 0 atom stereocenters. The van der Waals surface area contributed by atoms with Crippen LogP contribution in [0.25, 0.3) is 33.7 Å². The molecule has 25 heavy (non-hydrogen) atoms. The van der Waals surface area contributed by atoms with Crippen LogP contribution >= 0.6 is 0 Å². The highest BCUT2D eigenvalue weighted by Gasteiger charge is 2.18. The van der Waals surface area contributed by atoms with Crippen molar-refractivity contribution >= 4 is 11.0 Å². The van der Waals surface area contributed by atoms with Crippen LogP contribution in [0.3, 0.4) is 0 Å². The molecular formula is C22H22N3+. The Bertz CT molecular complexity index is 1090. The van der Waals surface area contributed by atoms with Gasteiger partial charge in [0.2, 0.25) is 5.69 Å². The van der Waals surface area contributed by atoms with Crippen molar-refractivity contribution in [1.29, 1.82) is 0 Å². The van der Waals surface area contributed by atoms with E-state index in [-0.39, 0.29) is 0 Å². The Morgan fingerprint density at radius 1 is 0.880 bits per heavy atom. The van der Waals surface area contributed by atoms with E-state index in [1.54, 1.807) is 0 Å².